The number of nitrogens with zero attached hydrogens (tertiary/aromatic N) is 3. The fourth-order valence-corrected chi connectivity index (χ4v) is 2.23. The summed E-state index contributed by atoms with van der Waals surface area (Å²) < 4.78 is 1.80. The van der Waals surface area contributed by atoms with E-state index in [9.17, 15) is 0 Å². The van der Waals surface area contributed by atoms with Crippen LogP contribution in [0.25, 0.3) is 0 Å². The van der Waals surface area contributed by atoms with Crippen LogP contribution in [0.15, 0.2) is 17.8 Å². The highest BCUT2D eigenvalue weighted by molar-refractivity contribution is 7.09. The Bertz CT molecular complexity index is 405. The molecule has 1 N–H and O–H groups in total. The second-order valence-corrected chi connectivity index (χ2v) is 4.52. The van der Waals surface area contributed by atoms with Gasteiger partial charge in [0.25, 0.3) is 0 Å². The van der Waals surface area contributed by atoms with Crippen molar-refractivity contribution in [3.8, 4) is 0 Å². The van der Waals surface area contributed by atoms with Crippen molar-refractivity contribution in [2.24, 2.45) is 7.05 Å². The van der Waals surface area contributed by atoms with Crippen LogP contribution >= 0.6 is 11.3 Å². The molecule has 0 bridgehead atoms. The maximum absolute atomic E-state index is 4.49. The molecule has 2 rings (SSSR count). The molecule has 1 unspecified atom stereocenters. The van der Waals surface area contributed by atoms with Gasteiger partial charge < -0.3 is 5.32 Å². The number of nitrogens with one attached hydrogen (secondary N) is 1. The predicted octanol–water partition coefficient (Wildman–Crippen LogP) is 1.49. The van der Waals surface area contributed by atoms with Crippen LogP contribution in [0, 0.1) is 6.92 Å². The first-order valence-corrected chi connectivity index (χ1v) is 5.66. The van der Waals surface area contributed by atoms with Crippen molar-refractivity contribution < 1.29 is 0 Å². The van der Waals surface area contributed by atoms with E-state index in [1.165, 1.54) is 0 Å². The second-order valence-electron chi connectivity index (χ2n) is 3.46. The van der Waals surface area contributed by atoms with Crippen molar-refractivity contribution in [1.82, 2.24) is 20.1 Å². The Morgan fingerprint density at radius 1 is 1.53 bits per heavy atom. The van der Waals surface area contributed by atoms with Crippen LogP contribution in [0.5, 0.6) is 0 Å². The Balaban J connectivity index is 2.32. The van der Waals surface area contributed by atoms with Gasteiger partial charge in [-0.15, -0.1) is 11.3 Å². The maximum atomic E-state index is 4.49. The van der Waals surface area contributed by atoms with E-state index in [0.29, 0.717) is 0 Å². The van der Waals surface area contributed by atoms with Crippen LogP contribution < -0.4 is 5.32 Å². The first-order valence-electron chi connectivity index (χ1n) is 4.78. The van der Waals surface area contributed by atoms with Gasteiger partial charge in [0.2, 0.25) is 0 Å². The van der Waals surface area contributed by atoms with Crippen molar-refractivity contribution in [3.05, 3.63) is 34.0 Å². The zero-order chi connectivity index (χ0) is 10.8. The summed E-state index contributed by atoms with van der Waals surface area (Å²) in [5.41, 5.74) is 2.21. The summed E-state index contributed by atoms with van der Waals surface area (Å²) in [5.74, 6) is 0. The normalized spacial score (nSPS) is 13.0. The summed E-state index contributed by atoms with van der Waals surface area (Å²) >= 11 is 1.67. The number of rotatable bonds is 3. The first-order chi connectivity index (χ1) is 7.20. The van der Waals surface area contributed by atoms with Crippen molar-refractivity contribution >= 4 is 11.3 Å². The minimum absolute atomic E-state index is 0.142. The van der Waals surface area contributed by atoms with Gasteiger partial charge in [0.15, 0.2) is 0 Å². The molecule has 0 fully saturated rings. The molecule has 1 atom stereocenters. The molecule has 80 valence electrons. The fourth-order valence-electron chi connectivity index (χ4n) is 1.59. The molecule has 0 aliphatic carbocycles. The summed E-state index contributed by atoms with van der Waals surface area (Å²) in [7, 11) is 3.86. The molecule has 2 aromatic rings. The fraction of sp³-hybridized carbons (Fsp3) is 0.400. The summed E-state index contributed by atoms with van der Waals surface area (Å²) in [6.45, 7) is 2.02. The second kappa shape index (κ2) is 4.12. The van der Waals surface area contributed by atoms with E-state index in [0.717, 1.165) is 16.3 Å². The third-order valence-electron chi connectivity index (χ3n) is 2.28. The summed E-state index contributed by atoms with van der Waals surface area (Å²) in [5, 5.41) is 10.6. The van der Waals surface area contributed by atoms with Crippen LogP contribution in [-0.2, 0) is 7.05 Å². The van der Waals surface area contributed by atoms with Crippen molar-refractivity contribution in [3.63, 3.8) is 0 Å². The van der Waals surface area contributed by atoms with Crippen LogP contribution in [0.3, 0.4) is 0 Å². The van der Waals surface area contributed by atoms with Crippen LogP contribution in [0.4, 0.5) is 0 Å². The number of thiazole rings is 1. The SMILES string of the molecule is CNC(c1cnn(C)c1)c1csc(C)n1. The lowest BCUT2D eigenvalue weighted by atomic mass is 10.1. The molecule has 0 spiro atoms. The quantitative estimate of drug-likeness (QED) is 0.855. The Morgan fingerprint density at radius 3 is 2.80 bits per heavy atom. The zero-order valence-corrected chi connectivity index (χ0v) is 9.88. The molecule has 0 saturated carbocycles. The van der Waals surface area contributed by atoms with Gasteiger partial charge in [-0.3, -0.25) is 4.68 Å². The molecular formula is C10H14N4S. The number of aryl methyl sites for hydroxylation is 2. The molecule has 0 radical (unpaired) electrons. The Kier molecular flexibility index (Phi) is 2.83. The topological polar surface area (TPSA) is 42.7 Å². The molecule has 5 heteroatoms. The average molecular weight is 222 g/mol. The molecule has 0 aliphatic rings. The van der Waals surface area contributed by atoms with E-state index in [2.05, 4.69) is 20.8 Å². The third kappa shape index (κ3) is 2.08. The largest absolute Gasteiger partial charge is 0.308 e. The Morgan fingerprint density at radius 2 is 2.33 bits per heavy atom. The van der Waals surface area contributed by atoms with Crippen molar-refractivity contribution in [2.75, 3.05) is 7.05 Å². The molecule has 15 heavy (non-hydrogen) atoms. The lowest BCUT2D eigenvalue weighted by Crippen LogP contribution is -2.17. The molecule has 4 nitrogen and oxygen atoms in total. The van der Waals surface area contributed by atoms with Gasteiger partial charge in [0.05, 0.1) is 22.9 Å². The average Bonchev–Trinajstić information content (AvgIpc) is 2.78. The van der Waals surface area contributed by atoms with Gasteiger partial charge in [0.1, 0.15) is 0 Å². The minimum Gasteiger partial charge on any atom is -0.308 e. The third-order valence-corrected chi connectivity index (χ3v) is 3.07. The first kappa shape index (κ1) is 10.3. The lowest BCUT2D eigenvalue weighted by molar-refractivity contribution is 0.672. The van der Waals surface area contributed by atoms with Crippen molar-refractivity contribution in [2.45, 2.75) is 13.0 Å². The van der Waals surface area contributed by atoms with Crippen LogP contribution in [0.1, 0.15) is 22.3 Å². The van der Waals surface area contributed by atoms with Gasteiger partial charge in [0, 0.05) is 24.2 Å². The summed E-state index contributed by atoms with van der Waals surface area (Å²) in [6.07, 6.45) is 3.88. The van der Waals surface area contributed by atoms with E-state index in [1.807, 2.05) is 33.4 Å². The zero-order valence-electron chi connectivity index (χ0n) is 9.06. The molecule has 2 aromatic heterocycles. The standard InChI is InChI=1S/C10H14N4S/c1-7-13-9(6-15-7)10(11-2)8-4-12-14(3)5-8/h4-6,10-11H,1-3H3. The van der Waals surface area contributed by atoms with E-state index in [-0.39, 0.29) is 6.04 Å². The van der Waals surface area contributed by atoms with E-state index >= 15 is 0 Å². The monoisotopic (exact) mass is 222 g/mol. The molecule has 0 amide bonds. The number of hydrogen-bond donors (Lipinski definition) is 1. The smallest absolute Gasteiger partial charge is 0.0898 e. The summed E-state index contributed by atoms with van der Waals surface area (Å²) in [6, 6.07) is 0.142. The Hall–Kier alpha value is -1.20. The summed E-state index contributed by atoms with van der Waals surface area (Å²) in [4.78, 5) is 4.49. The molecule has 0 saturated heterocycles. The van der Waals surface area contributed by atoms with E-state index < -0.39 is 0 Å². The molecule has 0 aliphatic heterocycles. The van der Waals surface area contributed by atoms with Gasteiger partial charge in [-0.2, -0.15) is 5.10 Å². The van der Waals surface area contributed by atoms with Crippen molar-refractivity contribution in [1.29, 1.82) is 0 Å². The maximum Gasteiger partial charge on any atom is 0.0898 e. The van der Waals surface area contributed by atoms with Crippen LogP contribution in [0.2, 0.25) is 0 Å². The van der Waals surface area contributed by atoms with Gasteiger partial charge in [-0.05, 0) is 14.0 Å². The highest BCUT2D eigenvalue weighted by atomic mass is 32.1. The molecule has 0 aromatic carbocycles. The van der Waals surface area contributed by atoms with Crippen LogP contribution in [-0.4, -0.2) is 21.8 Å². The predicted molar refractivity (Wildman–Crippen MR) is 61.0 cm³/mol. The number of aromatic nitrogens is 3. The van der Waals surface area contributed by atoms with E-state index in [1.54, 1.807) is 16.0 Å². The minimum atomic E-state index is 0.142. The highest BCUT2D eigenvalue weighted by Gasteiger charge is 2.15. The molecular weight excluding hydrogens is 208 g/mol. The highest BCUT2D eigenvalue weighted by Crippen LogP contribution is 2.22. The van der Waals surface area contributed by atoms with Gasteiger partial charge in [-0.1, -0.05) is 0 Å². The Labute approximate surface area is 93.0 Å². The van der Waals surface area contributed by atoms with Gasteiger partial charge >= 0.3 is 0 Å². The lowest BCUT2D eigenvalue weighted by Gasteiger charge is -2.10. The number of hydrogen-bond acceptors (Lipinski definition) is 4. The van der Waals surface area contributed by atoms with E-state index in [4.69, 9.17) is 0 Å². The van der Waals surface area contributed by atoms with Gasteiger partial charge in [-0.25, -0.2) is 4.98 Å². The molecule has 2 heterocycles.